The molecule has 0 aliphatic carbocycles. The van der Waals surface area contributed by atoms with Crippen molar-refractivity contribution >= 4 is 5.69 Å². The van der Waals surface area contributed by atoms with Crippen molar-refractivity contribution in [2.75, 3.05) is 24.5 Å². The van der Waals surface area contributed by atoms with Crippen molar-refractivity contribution < 1.29 is 13.2 Å². The minimum Gasteiger partial charge on any atom is -0.309 e. The molecule has 0 N–H and O–H groups in total. The topological polar surface area (TPSA) is 6.48 Å². The summed E-state index contributed by atoms with van der Waals surface area (Å²) in [6.07, 6.45) is -0.848. The fourth-order valence-corrected chi connectivity index (χ4v) is 2.35. The Hall–Kier alpha value is -1.23. The number of piperazine rings is 1. The van der Waals surface area contributed by atoms with Crippen molar-refractivity contribution in [2.45, 2.75) is 32.4 Å². The number of unbranched alkanes of at least 4 members (excludes halogenated alkanes) is 1. The summed E-state index contributed by atoms with van der Waals surface area (Å²) >= 11 is 0. The lowest BCUT2D eigenvalue weighted by molar-refractivity contribution is 0.0762. The summed E-state index contributed by atoms with van der Waals surface area (Å²) in [7, 11) is 0. The zero-order valence-corrected chi connectivity index (χ0v) is 11.0. The smallest absolute Gasteiger partial charge is 0.187 e. The average Bonchev–Trinajstić information content (AvgIpc) is 2.38. The van der Waals surface area contributed by atoms with Gasteiger partial charge in [-0.15, -0.1) is 0 Å². The highest BCUT2D eigenvalue weighted by molar-refractivity contribution is 5.48. The molecule has 0 saturated carbocycles. The molecular weight excluding hydrogens is 253 g/mol. The Labute approximate surface area is 111 Å². The van der Waals surface area contributed by atoms with Crippen molar-refractivity contribution in [3.05, 3.63) is 30.1 Å². The minimum atomic E-state index is -1.40. The molecule has 1 heterocycles. The Balaban J connectivity index is 2.05. The van der Waals surface area contributed by atoms with Crippen LogP contribution in [0.25, 0.3) is 0 Å². The first-order valence-electron chi connectivity index (χ1n) is 6.66. The zero-order chi connectivity index (χ0) is 13.8. The van der Waals surface area contributed by atoms with Crippen LogP contribution in [0.4, 0.5) is 18.9 Å². The van der Waals surface area contributed by atoms with Crippen LogP contribution in [-0.4, -0.2) is 37.1 Å². The fourth-order valence-electron chi connectivity index (χ4n) is 2.35. The molecule has 5 heteroatoms. The van der Waals surface area contributed by atoms with E-state index < -0.39 is 18.4 Å². The van der Waals surface area contributed by atoms with Crippen LogP contribution < -0.4 is 4.90 Å². The predicted molar refractivity (Wildman–Crippen MR) is 70.0 cm³/mol. The maximum absolute atomic E-state index is 14.1. The lowest BCUT2D eigenvalue weighted by Gasteiger charge is -2.41. The first-order chi connectivity index (χ1) is 9.11. The monoisotopic (exact) mass is 272 g/mol. The third-order valence-corrected chi connectivity index (χ3v) is 3.37. The molecule has 2 unspecified atom stereocenters. The molecular formula is C14H19F3N2. The van der Waals surface area contributed by atoms with Gasteiger partial charge in [-0.3, -0.25) is 4.90 Å². The Morgan fingerprint density at radius 1 is 1.11 bits per heavy atom. The van der Waals surface area contributed by atoms with Gasteiger partial charge in [-0.25, -0.2) is 13.2 Å². The summed E-state index contributed by atoms with van der Waals surface area (Å²) in [6.45, 7) is 3.15. The molecule has 2 rings (SSSR count). The van der Waals surface area contributed by atoms with Gasteiger partial charge < -0.3 is 4.90 Å². The number of rotatable bonds is 4. The Kier molecular flexibility index (Phi) is 4.69. The number of alkyl halides is 2. The molecule has 19 heavy (non-hydrogen) atoms. The maximum atomic E-state index is 14.1. The van der Waals surface area contributed by atoms with E-state index in [1.807, 2.05) is 0 Å². The van der Waals surface area contributed by atoms with E-state index in [2.05, 4.69) is 6.92 Å². The summed E-state index contributed by atoms with van der Waals surface area (Å²) in [4.78, 5) is 2.89. The largest absolute Gasteiger partial charge is 0.309 e. The minimum absolute atomic E-state index is 0.192. The Morgan fingerprint density at radius 2 is 1.68 bits per heavy atom. The standard InChI is InChI=1S/C14H19F3N2/c1-2-3-8-18-9-13(16)19(14(17)10-18)12-6-4-11(15)5-7-12/h4-7,13-14H,2-3,8-10H2,1H3. The van der Waals surface area contributed by atoms with E-state index in [1.165, 1.54) is 24.3 Å². The van der Waals surface area contributed by atoms with Gasteiger partial charge in [-0.05, 0) is 37.2 Å². The predicted octanol–water partition coefficient (Wildman–Crippen LogP) is 3.34. The second-order valence-electron chi connectivity index (χ2n) is 4.87. The van der Waals surface area contributed by atoms with Gasteiger partial charge in [0, 0.05) is 18.8 Å². The van der Waals surface area contributed by atoms with E-state index in [-0.39, 0.29) is 13.1 Å². The summed E-state index contributed by atoms with van der Waals surface area (Å²) in [5.41, 5.74) is 0.386. The molecule has 0 bridgehead atoms. The molecule has 1 aliphatic heterocycles. The van der Waals surface area contributed by atoms with Gasteiger partial charge in [0.2, 0.25) is 0 Å². The van der Waals surface area contributed by atoms with Crippen LogP contribution in [0.5, 0.6) is 0 Å². The highest BCUT2D eigenvalue weighted by atomic mass is 19.2. The summed E-state index contributed by atoms with van der Waals surface area (Å²) < 4.78 is 41.1. The SMILES string of the molecule is CCCCN1CC(F)N(c2ccc(F)cc2)C(F)C1. The van der Waals surface area contributed by atoms with E-state index in [1.54, 1.807) is 4.90 Å². The van der Waals surface area contributed by atoms with Gasteiger partial charge in [-0.1, -0.05) is 13.3 Å². The van der Waals surface area contributed by atoms with E-state index in [0.717, 1.165) is 17.7 Å². The third-order valence-electron chi connectivity index (χ3n) is 3.37. The van der Waals surface area contributed by atoms with Crippen molar-refractivity contribution in [1.29, 1.82) is 0 Å². The summed E-state index contributed by atoms with van der Waals surface area (Å²) in [6, 6.07) is 5.27. The third kappa shape index (κ3) is 3.41. The Bertz CT molecular complexity index is 384. The van der Waals surface area contributed by atoms with Crippen LogP contribution in [0.1, 0.15) is 19.8 Å². The van der Waals surface area contributed by atoms with Crippen LogP contribution in [0, 0.1) is 5.82 Å². The van der Waals surface area contributed by atoms with Gasteiger partial charge in [0.15, 0.2) is 12.6 Å². The van der Waals surface area contributed by atoms with Crippen molar-refractivity contribution in [1.82, 2.24) is 4.90 Å². The molecule has 0 radical (unpaired) electrons. The lowest BCUT2D eigenvalue weighted by Crippen LogP contribution is -2.56. The Morgan fingerprint density at radius 3 is 2.21 bits per heavy atom. The molecule has 1 fully saturated rings. The van der Waals surface area contributed by atoms with Crippen LogP contribution in [0.15, 0.2) is 24.3 Å². The summed E-state index contributed by atoms with van der Waals surface area (Å²) in [5, 5.41) is 0. The number of halogens is 3. The van der Waals surface area contributed by atoms with Crippen LogP contribution >= 0.6 is 0 Å². The second kappa shape index (κ2) is 6.28. The number of anilines is 1. The number of nitrogens with zero attached hydrogens (tertiary/aromatic N) is 2. The molecule has 0 amide bonds. The van der Waals surface area contributed by atoms with E-state index in [4.69, 9.17) is 0 Å². The van der Waals surface area contributed by atoms with Crippen molar-refractivity contribution in [3.63, 3.8) is 0 Å². The molecule has 1 saturated heterocycles. The van der Waals surface area contributed by atoms with Crippen LogP contribution in [-0.2, 0) is 0 Å². The first-order valence-corrected chi connectivity index (χ1v) is 6.66. The highest BCUT2D eigenvalue weighted by Gasteiger charge is 2.34. The molecule has 1 aromatic rings. The van der Waals surface area contributed by atoms with Gasteiger partial charge in [0.05, 0.1) is 0 Å². The van der Waals surface area contributed by atoms with E-state index in [0.29, 0.717) is 12.2 Å². The fraction of sp³-hybridized carbons (Fsp3) is 0.571. The first kappa shape index (κ1) is 14.2. The second-order valence-corrected chi connectivity index (χ2v) is 4.87. The molecule has 0 spiro atoms. The number of benzene rings is 1. The molecule has 2 atom stereocenters. The zero-order valence-electron chi connectivity index (χ0n) is 11.0. The maximum Gasteiger partial charge on any atom is 0.187 e. The molecule has 106 valence electrons. The number of hydrogen-bond donors (Lipinski definition) is 0. The molecule has 2 nitrogen and oxygen atoms in total. The van der Waals surface area contributed by atoms with Crippen LogP contribution in [0.3, 0.4) is 0 Å². The molecule has 1 aromatic carbocycles. The summed E-state index contributed by atoms with van der Waals surface area (Å²) in [5.74, 6) is -0.406. The molecule has 0 aromatic heterocycles. The highest BCUT2D eigenvalue weighted by Crippen LogP contribution is 2.26. The van der Waals surface area contributed by atoms with Crippen molar-refractivity contribution in [2.24, 2.45) is 0 Å². The van der Waals surface area contributed by atoms with Crippen molar-refractivity contribution in [3.8, 4) is 0 Å². The lowest BCUT2D eigenvalue weighted by atomic mass is 10.2. The van der Waals surface area contributed by atoms with E-state index >= 15 is 0 Å². The van der Waals surface area contributed by atoms with Gasteiger partial charge in [0.25, 0.3) is 0 Å². The van der Waals surface area contributed by atoms with Gasteiger partial charge in [-0.2, -0.15) is 0 Å². The molecule has 1 aliphatic rings. The van der Waals surface area contributed by atoms with Gasteiger partial charge in [0.1, 0.15) is 5.82 Å². The van der Waals surface area contributed by atoms with Gasteiger partial charge >= 0.3 is 0 Å². The van der Waals surface area contributed by atoms with E-state index in [9.17, 15) is 13.2 Å². The normalized spacial score (nSPS) is 24.7. The number of hydrogen-bond acceptors (Lipinski definition) is 2. The quantitative estimate of drug-likeness (QED) is 0.776. The average molecular weight is 272 g/mol. The van der Waals surface area contributed by atoms with Crippen LogP contribution in [0.2, 0.25) is 0 Å².